The number of nitrogens with zero attached hydrogens (tertiary/aromatic N) is 2. The minimum Gasteiger partial charge on any atom is -0.303 e. The third kappa shape index (κ3) is 5.84. The van der Waals surface area contributed by atoms with E-state index >= 15 is 0 Å². The smallest absolute Gasteiger partial charge is 0.103 e. The number of nitrogens with one attached hydrogen (secondary N) is 1. The average Bonchev–Trinajstić information content (AvgIpc) is 3.13. The first-order chi connectivity index (χ1) is 8.63. The Labute approximate surface area is 113 Å². The van der Waals surface area contributed by atoms with Crippen molar-refractivity contribution >= 4 is 0 Å². The first-order valence-electron chi connectivity index (χ1n) is 7.52. The lowest BCUT2D eigenvalue weighted by Gasteiger charge is -2.26. The van der Waals surface area contributed by atoms with Gasteiger partial charge in [-0.2, -0.15) is 5.26 Å². The molecule has 0 amide bonds. The molecule has 1 fully saturated rings. The van der Waals surface area contributed by atoms with E-state index in [2.05, 4.69) is 30.1 Å². The van der Waals surface area contributed by atoms with Gasteiger partial charge in [0.25, 0.3) is 0 Å². The molecule has 18 heavy (non-hydrogen) atoms. The molecule has 1 aliphatic carbocycles. The lowest BCUT2D eigenvalue weighted by Crippen LogP contribution is -2.41. The molecule has 1 N–H and O–H groups in total. The molecule has 1 rings (SSSR count). The van der Waals surface area contributed by atoms with E-state index in [1.807, 2.05) is 6.92 Å². The van der Waals surface area contributed by atoms with Crippen molar-refractivity contribution in [3.05, 3.63) is 0 Å². The van der Waals surface area contributed by atoms with Gasteiger partial charge in [0.15, 0.2) is 0 Å². The van der Waals surface area contributed by atoms with Crippen LogP contribution in [0.1, 0.15) is 52.9 Å². The molecule has 0 spiro atoms. The number of nitriles is 1. The van der Waals surface area contributed by atoms with Crippen LogP contribution >= 0.6 is 0 Å². The summed E-state index contributed by atoms with van der Waals surface area (Å²) in [5.41, 5.74) is -0.341. The van der Waals surface area contributed by atoms with Crippen molar-refractivity contribution in [3.8, 4) is 6.07 Å². The van der Waals surface area contributed by atoms with Crippen LogP contribution in [0.15, 0.2) is 0 Å². The summed E-state index contributed by atoms with van der Waals surface area (Å²) in [6, 6.07) is 2.41. The Morgan fingerprint density at radius 2 is 2.06 bits per heavy atom. The fourth-order valence-electron chi connectivity index (χ4n) is 2.51. The van der Waals surface area contributed by atoms with Crippen LogP contribution in [-0.2, 0) is 0 Å². The molecule has 0 aromatic rings. The van der Waals surface area contributed by atoms with E-state index in [-0.39, 0.29) is 5.54 Å². The Morgan fingerprint density at radius 1 is 1.33 bits per heavy atom. The molecule has 0 aromatic carbocycles. The molecular formula is C15H29N3. The Morgan fingerprint density at radius 3 is 2.56 bits per heavy atom. The highest BCUT2D eigenvalue weighted by molar-refractivity contribution is 5.03. The van der Waals surface area contributed by atoms with Crippen molar-refractivity contribution in [1.82, 2.24) is 10.2 Å². The third-order valence-electron chi connectivity index (χ3n) is 3.72. The maximum absolute atomic E-state index is 9.21. The summed E-state index contributed by atoms with van der Waals surface area (Å²) in [6.07, 6.45) is 6.14. The third-order valence-corrected chi connectivity index (χ3v) is 3.72. The Bertz CT molecular complexity index is 267. The quantitative estimate of drug-likeness (QED) is 0.649. The van der Waals surface area contributed by atoms with Crippen LogP contribution in [0.2, 0.25) is 0 Å². The van der Waals surface area contributed by atoms with Crippen molar-refractivity contribution in [2.45, 2.75) is 58.4 Å². The second-order valence-corrected chi connectivity index (χ2v) is 5.82. The van der Waals surface area contributed by atoms with Gasteiger partial charge in [0.1, 0.15) is 5.54 Å². The zero-order valence-electron chi connectivity index (χ0n) is 12.3. The second kappa shape index (κ2) is 7.76. The van der Waals surface area contributed by atoms with Crippen molar-refractivity contribution in [2.75, 3.05) is 26.2 Å². The minimum absolute atomic E-state index is 0.341. The van der Waals surface area contributed by atoms with Crippen LogP contribution in [0, 0.1) is 17.2 Å². The maximum Gasteiger partial charge on any atom is 0.103 e. The average molecular weight is 251 g/mol. The molecule has 0 heterocycles. The van der Waals surface area contributed by atoms with E-state index in [1.54, 1.807) is 0 Å². The predicted molar refractivity (Wildman–Crippen MR) is 76.4 cm³/mol. The number of rotatable bonds is 10. The molecule has 1 saturated carbocycles. The fourth-order valence-corrected chi connectivity index (χ4v) is 2.51. The van der Waals surface area contributed by atoms with Crippen LogP contribution in [0.3, 0.4) is 0 Å². The Balaban J connectivity index is 2.25. The molecule has 3 heteroatoms. The summed E-state index contributed by atoms with van der Waals surface area (Å²) in [6.45, 7) is 10.8. The van der Waals surface area contributed by atoms with Crippen LogP contribution in [-0.4, -0.2) is 36.6 Å². The van der Waals surface area contributed by atoms with E-state index < -0.39 is 0 Å². The monoisotopic (exact) mass is 251 g/mol. The lowest BCUT2D eigenvalue weighted by atomic mass is 9.97. The van der Waals surface area contributed by atoms with Gasteiger partial charge in [-0.05, 0) is 64.6 Å². The highest BCUT2D eigenvalue weighted by atomic mass is 15.1. The molecule has 0 bridgehead atoms. The molecule has 0 aromatic heterocycles. The Kier molecular flexibility index (Phi) is 6.67. The minimum atomic E-state index is -0.341. The largest absolute Gasteiger partial charge is 0.303 e. The van der Waals surface area contributed by atoms with Gasteiger partial charge in [-0.3, -0.25) is 5.32 Å². The zero-order chi connectivity index (χ0) is 13.4. The molecule has 3 nitrogen and oxygen atoms in total. The summed E-state index contributed by atoms with van der Waals surface area (Å²) in [5, 5.41) is 12.5. The summed E-state index contributed by atoms with van der Waals surface area (Å²) in [5.74, 6) is 0.965. The SMILES string of the molecule is CCCN(CCCC(C)(C#N)NCC)CC1CC1. The van der Waals surface area contributed by atoms with Crippen molar-refractivity contribution in [1.29, 1.82) is 5.26 Å². The van der Waals surface area contributed by atoms with Gasteiger partial charge in [0.2, 0.25) is 0 Å². The van der Waals surface area contributed by atoms with E-state index in [0.29, 0.717) is 0 Å². The predicted octanol–water partition coefficient (Wildman–Crippen LogP) is 2.78. The number of hydrogen-bond donors (Lipinski definition) is 1. The van der Waals surface area contributed by atoms with Gasteiger partial charge < -0.3 is 4.90 Å². The first kappa shape index (κ1) is 15.5. The first-order valence-corrected chi connectivity index (χ1v) is 7.52. The fraction of sp³-hybridized carbons (Fsp3) is 0.933. The molecule has 1 unspecified atom stereocenters. The summed E-state index contributed by atoms with van der Waals surface area (Å²) < 4.78 is 0. The number of hydrogen-bond acceptors (Lipinski definition) is 3. The van der Waals surface area contributed by atoms with Crippen molar-refractivity contribution in [2.24, 2.45) is 5.92 Å². The molecule has 1 aliphatic rings. The summed E-state index contributed by atoms with van der Waals surface area (Å²) in [7, 11) is 0. The van der Waals surface area contributed by atoms with Crippen molar-refractivity contribution < 1.29 is 0 Å². The van der Waals surface area contributed by atoms with Crippen LogP contribution in [0.5, 0.6) is 0 Å². The standard InChI is InChI=1S/C15H29N3/c1-4-10-18(12-14-7-8-14)11-6-9-15(3,13-16)17-5-2/h14,17H,4-12H2,1-3H3. The normalized spacial score (nSPS) is 18.6. The van der Waals surface area contributed by atoms with E-state index in [0.717, 1.165) is 31.8 Å². The topological polar surface area (TPSA) is 39.1 Å². The molecule has 0 aliphatic heterocycles. The van der Waals surface area contributed by atoms with E-state index in [9.17, 15) is 5.26 Å². The van der Waals surface area contributed by atoms with Gasteiger partial charge >= 0.3 is 0 Å². The zero-order valence-corrected chi connectivity index (χ0v) is 12.3. The van der Waals surface area contributed by atoms with E-state index in [4.69, 9.17) is 0 Å². The Hall–Kier alpha value is -0.590. The maximum atomic E-state index is 9.21. The van der Waals surface area contributed by atoms with Crippen LogP contribution in [0.4, 0.5) is 0 Å². The highest BCUT2D eigenvalue weighted by Gasteiger charge is 2.25. The van der Waals surface area contributed by atoms with Gasteiger partial charge in [0.05, 0.1) is 6.07 Å². The van der Waals surface area contributed by atoms with Gasteiger partial charge in [-0.1, -0.05) is 13.8 Å². The second-order valence-electron chi connectivity index (χ2n) is 5.82. The van der Waals surface area contributed by atoms with Gasteiger partial charge in [-0.25, -0.2) is 0 Å². The van der Waals surface area contributed by atoms with Gasteiger partial charge in [0, 0.05) is 6.54 Å². The lowest BCUT2D eigenvalue weighted by molar-refractivity contribution is 0.248. The van der Waals surface area contributed by atoms with Crippen LogP contribution < -0.4 is 5.32 Å². The van der Waals surface area contributed by atoms with E-state index in [1.165, 1.54) is 32.4 Å². The van der Waals surface area contributed by atoms with Crippen molar-refractivity contribution in [3.63, 3.8) is 0 Å². The molecular weight excluding hydrogens is 222 g/mol. The van der Waals surface area contributed by atoms with Crippen LogP contribution in [0.25, 0.3) is 0 Å². The molecule has 104 valence electrons. The summed E-state index contributed by atoms with van der Waals surface area (Å²) >= 11 is 0. The highest BCUT2D eigenvalue weighted by Crippen LogP contribution is 2.29. The molecule has 1 atom stereocenters. The van der Waals surface area contributed by atoms with Gasteiger partial charge in [-0.15, -0.1) is 0 Å². The molecule has 0 saturated heterocycles. The summed E-state index contributed by atoms with van der Waals surface area (Å²) in [4.78, 5) is 2.58. The molecule has 0 radical (unpaired) electrons.